The summed E-state index contributed by atoms with van der Waals surface area (Å²) in [5, 5.41) is 33.0. The van der Waals surface area contributed by atoms with Crippen LogP contribution in [-0.4, -0.2) is 67.3 Å². The molecule has 0 bridgehead atoms. The molecule has 0 saturated carbocycles. The molecule has 8 N–H and O–H groups in total. The van der Waals surface area contributed by atoms with Crippen LogP contribution in [0.5, 0.6) is 5.75 Å². The summed E-state index contributed by atoms with van der Waals surface area (Å²) in [5.74, 6) is -2.79. The number of aliphatic hydroxyl groups is 1. The van der Waals surface area contributed by atoms with Crippen molar-refractivity contribution in [1.29, 1.82) is 0 Å². The Morgan fingerprint density at radius 2 is 1.80 bits per heavy atom. The number of hydrogen-bond donors (Lipinski definition) is 7. The number of aliphatic carboxylic acids is 1. The highest BCUT2D eigenvalue weighted by Gasteiger charge is 2.30. The van der Waals surface area contributed by atoms with Crippen LogP contribution in [0, 0.1) is 0 Å². The standard InChI is InChI=1S/C19H25N5O6/c1-10(25)16(19(29)30)24-18(28)15(6-11-2-4-13(26)5-3-11)23-17(27)14(20)7-12-8-21-9-22-12/h2-5,8-10,14-16,25-26H,6-7,20H2,1H3,(H,21,22)(H,23,27)(H,24,28)(H,29,30)/t10-,14+,15+,16+/m1/s1. The molecule has 0 aliphatic rings. The van der Waals surface area contributed by atoms with Crippen LogP contribution in [0.3, 0.4) is 0 Å². The molecule has 11 nitrogen and oxygen atoms in total. The van der Waals surface area contributed by atoms with Gasteiger partial charge in [0.2, 0.25) is 11.8 Å². The fraction of sp³-hybridized carbons (Fsp3) is 0.368. The Balaban J connectivity index is 2.14. The highest BCUT2D eigenvalue weighted by Crippen LogP contribution is 2.12. The van der Waals surface area contributed by atoms with Crippen LogP contribution >= 0.6 is 0 Å². The van der Waals surface area contributed by atoms with Crippen LogP contribution in [0.2, 0.25) is 0 Å². The molecule has 1 heterocycles. The number of nitrogens with zero attached hydrogens (tertiary/aromatic N) is 1. The number of phenolic OH excluding ortho intramolecular Hbond substituents is 1. The molecule has 0 unspecified atom stereocenters. The number of aromatic amines is 1. The third-order valence-corrected chi connectivity index (χ3v) is 4.39. The average molecular weight is 419 g/mol. The van der Waals surface area contributed by atoms with Crippen molar-refractivity contribution in [2.45, 2.75) is 44.0 Å². The Bertz CT molecular complexity index is 853. The summed E-state index contributed by atoms with van der Waals surface area (Å²) < 4.78 is 0. The number of phenols is 1. The van der Waals surface area contributed by atoms with Crippen molar-refractivity contribution in [1.82, 2.24) is 20.6 Å². The van der Waals surface area contributed by atoms with Crippen molar-refractivity contribution in [2.75, 3.05) is 0 Å². The van der Waals surface area contributed by atoms with E-state index in [1.165, 1.54) is 31.6 Å². The van der Waals surface area contributed by atoms with Crippen molar-refractivity contribution in [2.24, 2.45) is 5.73 Å². The first kappa shape index (κ1) is 22.8. The Kier molecular flexibility index (Phi) is 7.90. The zero-order valence-electron chi connectivity index (χ0n) is 16.3. The predicted molar refractivity (Wildman–Crippen MR) is 105 cm³/mol. The summed E-state index contributed by atoms with van der Waals surface area (Å²) in [4.78, 5) is 43.2. The first-order valence-electron chi connectivity index (χ1n) is 9.19. The van der Waals surface area contributed by atoms with Gasteiger partial charge in [-0.25, -0.2) is 9.78 Å². The number of nitrogens with one attached hydrogen (secondary N) is 3. The molecular formula is C19H25N5O6. The molecule has 1 aromatic heterocycles. The Morgan fingerprint density at radius 3 is 2.33 bits per heavy atom. The molecule has 0 aliphatic carbocycles. The van der Waals surface area contributed by atoms with Gasteiger partial charge in [-0.2, -0.15) is 0 Å². The fourth-order valence-corrected chi connectivity index (χ4v) is 2.72. The maximum atomic E-state index is 12.7. The van der Waals surface area contributed by atoms with Crippen LogP contribution in [0.1, 0.15) is 18.2 Å². The molecule has 0 aliphatic heterocycles. The van der Waals surface area contributed by atoms with Gasteiger partial charge >= 0.3 is 5.97 Å². The second-order valence-electron chi connectivity index (χ2n) is 6.88. The zero-order valence-corrected chi connectivity index (χ0v) is 16.3. The predicted octanol–water partition coefficient (Wildman–Crippen LogP) is -1.34. The number of amides is 2. The minimum Gasteiger partial charge on any atom is -0.508 e. The summed E-state index contributed by atoms with van der Waals surface area (Å²) in [5.41, 5.74) is 7.16. The van der Waals surface area contributed by atoms with Crippen molar-refractivity contribution < 1.29 is 29.7 Å². The smallest absolute Gasteiger partial charge is 0.328 e. The van der Waals surface area contributed by atoms with E-state index < -0.39 is 42.0 Å². The largest absolute Gasteiger partial charge is 0.508 e. The average Bonchev–Trinajstić information content (AvgIpc) is 3.19. The van der Waals surface area contributed by atoms with E-state index in [4.69, 9.17) is 5.73 Å². The van der Waals surface area contributed by atoms with E-state index in [2.05, 4.69) is 20.6 Å². The van der Waals surface area contributed by atoms with Gasteiger partial charge in [0.05, 0.1) is 18.5 Å². The highest BCUT2D eigenvalue weighted by atomic mass is 16.4. The van der Waals surface area contributed by atoms with Crippen LogP contribution in [0.25, 0.3) is 0 Å². The monoisotopic (exact) mass is 419 g/mol. The third kappa shape index (κ3) is 6.57. The third-order valence-electron chi connectivity index (χ3n) is 4.39. The van der Waals surface area contributed by atoms with Gasteiger partial charge in [0, 0.05) is 24.7 Å². The topological polar surface area (TPSA) is 191 Å². The van der Waals surface area contributed by atoms with Crippen LogP contribution < -0.4 is 16.4 Å². The van der Waals surface area contributed by atoms with Crippen LogP contribution in [-0.2, 0) is 27.2 Å². The number of carboxylic acid groups (broad SMARTS) is 1. The molecule has 0 fully saturated rings. The molecule has 11 heteroatoms. The number of benzene rings is 1. The number of carbonyl (C=O) groups excluding carboxylic acids is 2. The van der Waals surface area contributed by atoms with Gasteiger partial charge in [-0.3, -0.25) is 9.59 Å². The van der Waals surface area contributed by atoms with Gasteiger partial charge in [0.1, 0.15) is 11.8 Å². The highest BCUT2D eigenvalue weighted by molar-refractivity contribution is 5.92. The molecule has 0 radical (unpaired) electrons. The van der Waals surface area contributed by atoms with Gasteiger partial charge in [-0.1, -0.05) is 12.1 Å². The minimum atomic E-state index is -1.55. The van der Waals surface area contributed by atoms with Gasteiger partial charge in [-0.15, -0.1) is 0 Å². The summed E-state index contributed by atoms with van der Waals surface area (Å²) >= 11 is 0. The van der Waals surface area contributed by atoms with E-state index in [0.29, 0.717) is 11.3 Å². The first-order chi connectivity index (χ1) is 14.2. The molecule has 0 spiro atoms. The van der Waals surface area contributed by atoms with Gasteiger partial charge in [0.15, 0.2) is 6.04 Å². The van der Waals surface area contributed by atoms with Crippen LogP contribution in [0.4, 0.5) is 0 Å². The molecule has 162 valence electrons. The number of rotatable bonds is 10. The molecule has 2 aromatic rings. The molecule has 4 atom stereocenters. The number of nitrogens with two attached hydrogens (primary N) is 1. The Labute approximate surface area is 172 Å². The van der Waals surface area contributed by atoms with Crippen molar-refractivity contribution in [3.05, 3.63) is 48.0 Å². The van der Waals surface area contributed by atoms with Crippen molar-refractivity contribution in [3.8, 4) is 5.75 Å². The second kappa shape index (κ2) is 10.4. The molecule has 2 amide bonds. The number of aromatic hydroxyl groups is 1. The number of hydrogen-bond acceptors (Lipinski definition) is 7. The second-order valence-corrected chi connectivity index (χ2v) is 6.88. The van der Waals surface area contributed by atoms with E-state index in [9.17, 15) is 29.7 Å². The quantitative estimate of drug-likeness (QED) is 0.246. The molecule has 0 saturated heterocycles. The number of imidazole rings is 1. The van der Waals surface area contributed by atoms with Gasteiger partial charge < -0.3 is 36.7 Å². The van der Waals surface area contributed by atoms with Gasteiger partial charge in [-0.05, 0) is 24.6 Å². The molecule has 30 heavy (non-hydrogen) atoms. The number of carboxylic acids is 1. The lowest BCUT2D eigenvalue weighted by molar-refractivity contribution is -0.145. The number of aromatic nitrogens is 2. The summed E-state index contributed by atoms with van der Waals surface area (Å²) in [6.45, 7) is 1.23. The Hall–Kier alpha value is -3.44. The molecule has 2 rings (SSSR count). The molecule has 1 aromatic carbocycles. The van der Waals surface area contributed by atoms with E-state index in [1.807, 2.05) is 0 Å². The fourth-order valence-electron chi connectivity index (χ4n) is 2.72. The SMILES string of the molecule is C[C@@H](O)[C@H](NC(=O)[C@H](Cc1ccc(O)cc1)NC(=O)[C@@H](N)Cc1cnc[nH]1)C(=O)O. The lowest BCUT2D eigenvalue weighted by atomic mass is 10.0. The van der Waals surface area contributed by atoms with Crippen molar-refractivity contribution >= 4 is 17.8 Å². The van der Waals surface area contributed by atoms with Crippen molar-refractivity contribution in [3.63, 3.8) is 0 Å². The maximum absolute atomic E-state index is 12.7. The van der Waals surface area contributed by atoms with E-state index in [-0.39, 0.29) is 18.6 Å². The van der Waals surface area contributed by atoms with E-state index in [1.54, 1.807) is 12.1 Å². The summed E-state index contributed by atoms with van der Waals surface area (Å²) in [6, 6.07) is 2.29. The normalized spacial score (nSPS) is 14.9. The summed E-state index contributed by atoms with van der Waals surface area (Å²) in [6.07, 6.45) is 1.79. The lowest BCUT2D eigenvalue weighted by Crippen LogP contribution is -2.57. The zero-order chi connectivity index (χ0) is 22.3. The van der Waals surface area contributed by atoms with Gasteiger partial charge in [0.25, 0.3) is 0 Å². The number of carbonyl (C=O) groups is 3. The Morgan fingerprint density at radius 1 is 1.13 bits per heavy atom. The van der Waals surface area contributed by atoms with E-state index >= 15 is 0 Å². The number of H-pyrrole nitrogens is 1. The molecular weight excluding hydrogens is 394 g/mol. The summed E-state index contributed by atoms with van der Waals surface area (Å²) in [7, 11) is 0. The number of aliphatic hydroxyl groups excluding tert-OH is 1. The lowest BCUT2D eigenvalue weighted by Gasteiger charge is -2.24. The minimum absolute atomic E-state index is 0.0147. The first-order valence-corrected chi connectivity index (χ1v) is 9.19. The maximum Gasteiger partial charge on any atom is 0.328 e. The van der Waals surface area contributed by atoms with E-state index in [0.717, 1.165) is 0 Å². The van der Waals surface area contributed by atoms with Crippen LogP contribution in [0.15, 0.2) is 36.8 Å².